The first-order valence-corrected chi connectivity index (χ1v) is 11.7. The lowest BCUT2D eigenvalue weighted by Gasteiger charge is -2.08. The first-order chi connectivity index (χ1) is 18.2. The van der Waals surface area contributed by atoms with Gasteiger partial charge < -0.3 is 4.74 Å². The molecule has 0 bridgehead atoms. The van der Waals surface area contributed by atoms with Crippen LogP contribution in [0.25, 0.3) is 28.9 Å². The molecule has 0 saturated heterocycles. The number of hydrogen-bond donors (Lipinski definition) is 0. The maximum atomic E-state index is 13.1. The SMILES string of the molecule is COc1ccc(/C=C/c2cnn3c(=O)n(Cc4ccc(C(F)(F)F)nc4)nc3c2-c2ccc(Cl)cc2)cc1. The summed E-state index contributed by atoms with van der Waals surface area (Å²) < 4.78 is 46.1. The second-order valence-electron chi connectivity index (χ2n) is 8.31. The predicted octanol–water partition coefficient (Wildman–Crippen LogP) is 5.85. The average molecular weight is 538 g/mol. The third-order valence-corrected chi connectivity index (χ3v) is 6.05. The van der Waals surface area contributed by atoms with Crippen LogP contribution in [0.3, 0.4) is 0 Å². The molecule has 0 aliphatic rings. The molecule has 0 unspecified atom stereocenters. The van der Waals surface area contributed by atoms with Gasteiger partial charge in [0.05, 0.1) is 19.9 Å². The van der Waals surface area contributed by atoms with Gasteiger partial charge in [0.25, 0.3) is 0 Å². The van der Waals surface area contributed by atoms with E-state index in [1.165, 1.54) is 6.07 Å². The van der Waals surface area contributed by atoms with E-state index in [1.54, 1.807) is 25.4 Å². The molecule has 3 aromatic heterocycles. The number of halogens is 4. The van der Waals surface area contributed by atoms with Gasteiger partial charge in [0.15, 0.2) is 5.65 Å². The van der Waals surface area contributed by atoms with Crippen molar-refractivity contribution >= 4 is 29.4 Å². The number of hydrogen-bond acceptors (Lipinski definition) is 5. The van der Waals surface area contributed by atoms with E-state index < -0.39 is 17.6 Å². The number of ether oxygens (including phenoxy) is 1. The summed E-state index contributed by atoms with van der Waals surface area (Å²) in [4.78, 5) is 16.6. The Morgan fingerprint density at radius 2 is 1.71 bits per heavy atom. The molecule has 38 heavy (non-hydrogen) atoms. The topological polar surface area (TPSA) is 74.3 Å². The van der Waals surface area contributed by atoms with Crippen LogP contribution >= 0.6 is 11.6 Å². The fraction of sp³-hybridized carbons (Fsp3) is 0.111. The first-order valence-electron chi connectivity index (χ1n) is 11.3. The van der Waals surface area contributed by atoms with Crippen molar-refractivity contribution in [2.75, 3.05) is 7.11 Å². The third kappa shape index (κ3) is 5.16. The molecule has 3 heterocycles. The Kier molecular flexibility index (Phi) is 6.73. The van der Waals surface area contributed by atoms with Crippen molar-refractivity contribution < 1.29 is 17.9 Å². The van der Waals surface area contributed by atoms with Crippen LogP contribution in [0, 0.1) is 0 Å². The quantitative estimate of drug-likeness (QED) is 0.271. The monoisotopic (exact) mass is 537 g/mol. The molecular formula is C27H19ClF3N5O2. The summed E-state index contributed by atoms with van der Waals surface area (Å²) in [7, 11) is 1.60. The number of rotatable bonds is 6. The zero-order valence-electron chi connectivity index (χ0n) is 19.9. The highest BCUT2D eigenvalue weighted by Gasteiger charge is 2.32. The number of fused-ring (bicyclic) bond motifs is 1. The molecule has 0 amide bonds. The molecule has 5 aromatic rings. The van der Waals surface area contributed by atoms with Gasteiger partial charge in [0.2, 0.25) is 0 Å². The van der Waals surface area contributed by atoms with E-state index >= 15 is 0 Å². The standard InChI is InChI=1S/C27H19ClF3N5O2/c1-38-22-11-3-17(4-12-22)2-6-20-15-33-36-25(24(20)19-7-9-21(28)10-8-19)34-35(26(36)37)16-18-5-13-23(32-14-18)27(29,30)31/h2-15H,16H2,1H3/b6-2+. The van der Waals surface area contributed by atoms with Crippen LogP contribution in [-0.4, -0.2) is 31.5 Å². The second kappa shape index (κ2) is 10.1. The Morgan fingerprint density at radius 1 is 0.974 bits per heavy atom. The molecule has 5 rings (SSSR count). The fourth-order valence-corrected chi connectivity index (χ4v) is 4.00. The molecule has 2 aromatic carbocycles. The summed E-state index contributed by atoms with van der Waals surface area (Å²) in [6.45, 7) is -0.0790. The molecule has 7 nitrogen and oxygen atoms in total. The minimum atomic E-state index is -4.55. The summed E-state index contributed by atoms with van der Waals surface area (Å²) >= 11 is 6.09. The van der Waals surface area contributed by atoms with E-state index in [-0.39, 0.29) is 12.2 Å². The summed E-state index contributed by atoms with van der Waals surface area (Å²) in [6.07, 6.45) is 1.85. The van der Waals surface area contributed by atoms with Gasteiger partial charge in [-0.15, -0.1) is 5.10 Å². The third-order valence-electron chi connectivity index (χ3n) is 5.79. The van der Waals surface area contributed by atoms with Gasteiger partial charge in [-0.3, -0.25) is 4.98 Å². The summed E-state index contributed by atoms with van der Waals surface area (Å²) in [5.74, 6) is 0.736. The van der Waals surface area contributed by atoms with Crippen molar-refractivity contribution in [3.8, 4) is 16.9 Å². The zero-order chi connectivity index (χ0) is 26.9. The summed E-state index contributed by atoms with van der Waals surface area (Å²) in [5, 5.41) is 9.33. The smallest absolute Gasteiger partial charge is 0.433 e. The van der Waals surface area contributed by atoms with E-state index in [2.05, 4.69) is 15.2 Å². The Morgan fingerprint density at radius 3 is 2.34 bits per heavy atom. The van der Waals surface area contributed by atoms with Gasteiger partial charge in [-0.2, -0.15) is 22.8 Å². The maximum absolute atomic E-state index is 13.1. The van der Waals surface area contributed by atoms with Crippen LogP contribution < -0.4 is 10.4 Å². The molecule has 0 saturated carbocycles. The van der Waals surface area contributed by atoms with E-state index in [0.29, 0.717) is 21.7 Å². The number of benzene rings is 2. The van der Waals surface area contributed by atoms with Crippen molar-refractivity contribution in [2.45, 2.75) is 12.7 Å². The zero-order valence-corrected chi connectivity index (χ0v) is 20.6. The molecule has 0 radical (unpaired) electrons. The minimum absolute atomic E-state index is 0.0790. The van der Waals surface area contributed by atoms with Crippen molar-refractivity contribution in [2.24, 2.45) is 0 Å². The van der Waals surface area contributed by atoms with Crippen molar-refractivity contribution in [3.63, 3.8) is 0 Å². The molecule has 11 heteroatoms. The lowest BCUT2D eigenvalue weighted by Crippen LogP contribution is -2.23. The fourth-order valence-electron chi connectivity index (χ4n) is 3.87. The highest BCUT2D eigenvalue weighted by Crippen LogP contribution is 2.30. The number of aromatic nitrogens is 5. The molecule has 0 fully saturated rings. The molecule has 0 spiro atoms. The van der Waals surface area contributed by atoms with Crippen LogP contribution in [-0.2, 0) is 12.7 Å². The van der Waals surface area contributed by atoms with Gasteiger partial charge in [0, 0.05) is 22.3 Å². The van der Waals surface area contributed by atoms with Crippen LogP contribution in [0.15, 0.2) is 77.9 Å². The van der Waals surface area contributed by atoms with Crippen molar-refractivity contribution in [1.29, 1.82) is 0 Å². The molecular weight excluding hydrogens is 519 g/mol. The van der Waals surface area contributed by atoms with Gasteiger partial charge in [-0.25, -0.2) is 9.48 Å². The van der Waals surface area contributed by atoms with Gasteiger partial charge in [-0.1, -0.05) is 54.1 Å². The number of nitrogens with zero attached hydrogens (tertiary/aromatic N) is 5. The van der Waals surface area contributed by atoms with Gasteiger partial charge in [0.1, 0.15) is 11.4 Å². The lowest BCUT2D eigenvalue weighted by atomic mass is 10.0. The van der Waals surface area contributed by atoms with Crippen LogP contribution in [0.4, 0.5) is 13.2 Å². The average Bonchev–Trinajstić information content (AvgIpc) is 3.22. The summed E-state index contributed by atoms with van der Waals surface area (Å²) in [5.41, 5.74) is 2.14. The van der Waals surface area contributed by atoms with Gasteiger partial charge >= 0.3 is 11.9 Å². The Hall–Kier alpha value is -4.44. The highest BCUT2D eigenvalue weighted by atomic mass is 35.5. The first kappa shape index (κ1) is 25.2. The largest absolute Gasteiger partial charge is 0.497 e. The minimum Gasteiger partial charge on any atom is -0.497 e. The van der Waals surface area contributed by atoms with Crippen molar-refractivity contribution in [1.82, 2.24) is 24.4 Å². The van der Waals surface area contributed by atoms with Crippen LogP contribution in [0.5, 0.6) is 5.75 Å². The molecule has 0 aliphatic carbocycles. The number of pyridine rings is 1. The lowest BCUT2D eigenvalue weighted by molar-refractivity contribution is -0.141. The van der Waals surface area contributed by atoms with E-state index in [9.17, 15) is 18.0 Å². The molecule has 0 atom stereocenters. The van der Waals surface area contributed by atoms with E-state index in [1.807, 2.05) is 48.6 Å². The molecule has 192 valence electrons. The normalized spacial score (nSPS) is 11.9. The second-order valence-corrected chi connectivity index (χ2v) is 8.75. The van der Waals surface area contributed by atoms with Crippen molar-refractivity contribution in [3.05, 3.63) is 111 Å². The Bertz CT molecular complexity index is 1670. The van der Waals surface area contributed by atoms with Crippen LogP contribution in [0.2, 0.25) is 5.02 Å². The van der Waals surface area contributed by atoms with Gasteiger partial charge in [-0.05, 0) is 47.0 Å². The van der Waals surface area contributed by atoms with E-state index in [0.717, 1.165) is 38.3 Å². The predicted molar refractivity (Wildman–Crippen MR) is 138 cm³/mol. The number of methoxy groups -OCH3 is 1. The highest BCUT2D eigenvalue weighted by molar-refractivity contribution is 6.30. The summed E-state index contributed by atoms with van der Waals surface area (Å²) in [6, 6.07) is 16.7. The Labute approximate surface area is 219 Å². The van der Waals surface area contributed by atoms with E-state index in [4.69, 9.17) is 16.3 Å². The molecule has 0 aliphatic heterocycles. The molecule has 0 N–H and O–H groups in total. The maximum Gasteiger partial charge on any atom is 0.433 e. The Balaban J connectivity index is 1.58. The number of alkyl halides is 3. The van der Waals surface area contributed by atoms with Crippen LogP contribution in [0.1, 0.15) is 22.4 Å².